The number of hydrogen-bond donors (Lipinski definition) is 2. The first kappa shape index (κ1) is 22.9. The molecule has 2 aromatic rings. The van der Waals surface area contributed by atoms with Gasteiger partial charge < -0.3 is 16.4 Å². The number of aryl methyl sites for hydroxylation is 1. The number of nitrogens with zero attached hydrogens (tertiary/aromatic N) is 1. The molecule has 0 saturated carbocycles. The van der Waals surface area contributed by atoms with E-state index in [0.717, 1.165) is 24.5 Å². The van der Waals surface area contributed by atoms with Crippen molar-refractivity contribution in [2.24, 2.45) is 0 Å². The van der Waals surface area contributed by atoms with E-state index in [1.54, 1.807) is 0 Å². The lowest BCUT2D eigenvalue weighted by Crippen LogP contribution is -2.25. The van der Waals surface area contributed by atoms with Gasteiger partial charge in [0.15, 0.2) is 0 Å². The minimum absolute atomic E-state index is 0.842. The van der Waals surface area contributed by atoms with Crippen molar-refractivity contribution in [3.63, 3.8) is 0 Å². The van der Waals surface area contributed by atoms with E-state index in [0.29, 0.717) is 0 Å². The first-order valence-corrected chi connectivity index (χ1v) is 10.6. The van der Waals surface area contributed by atoms with Crippen molar-refractivity contribution in [3.8, 4) is 0 Å². The zero-order valence-corrected chi connectivity index (χ0v) is 17.6. The first-order valence-electron chi connectivity index (χ1n) is 10.6. The van der Waals surface area contributed by atoms with Crippen molar-refractivity contribution in [2.45, 2.75) is 65.7 Å². The SMILES string of the molecule is CCCCN(CCCC)c1ccc(N)cc1.CCCCc1ccc(N)cc1. The highest BCUT2D eigenvalue weighted by atomic mass is 15.1. The van der Waals surface area contributed by atoms with Gasteiger partial charge in [-0.3, -0.25) is 0 Å². The van der Waals surface area contributed by atoms with E-state index in [2.05, 4.69) is 49.9 Å². The molecule has 0 aliphatic rings. The maximum Gasteiger partial charge on any atom is 0.0367 e. The smallest absolute Gasteiger partial charge is 0.0367 e. The molecular weight excluding hydrogens is 330 g/mol. The van der Waals surface area contributed by atoms with Gasteiger partial charge >= 0.3 is 0 Å². The summed E-state index contributed by atoms with van der Waals surface area (Å²) in [6, 6.07) is 16.4. The molecule has 0 aliphatic heterocycles. The molecule has 3 heteroatoms. The van der Waals surface area contributed by atoms with Crippen LogP contribution in [0.1, 0.15) is 64.9 Å². The van der Waals surface area contributed by atoms with Gasteiger partial charge in [-0.05, 0) is 67.6 Å². The number of benzene rings is 2. The zero-order chi connectivity index (χ0) is 19.9. The Morgan fingerprint density at radius 1 is 0.630 bits per heavy atom. The van der Waals surface area contributed by atoms with Crippen LogP contribution in [0.15, 0.2) is 48.5 Å². The molecule has 0 aliphatic carbocycles. The van der Waals surface area contributed by atoms with E-state index in [4.69, 9.17) is 11.5 Å². The summed E-state index contributed by atoms with van der Waals surface area (Å²) in [5.74, 6) is 0. The van der Waals surface area contributed by atoms with E-state index in [1.807, 2.05) is 24.3 Å². The maximum absolute atomic E-state index is 5.71. The second kappa shape index (κ2) is 14.0. The minimum atomic E-state index is 0.842. The van der Waals surface area contributed by atoms with Gasteiger partial charge in [-0.1, -0.05) is 52.2 Å². The summed E-state index contributed by atoms with van der Waals surface area (Å²) in [4.78, 5) is 2.46. The summed E-state index contributed by atoms with van der Waals surface area (Å²) >= 11 is 0. The van der Waals surface area contributed by atoms with Crippen LogP contribution in [-0.4, -0.2) is 13.1 Å². The molecule has 0 fully saturated rings. The Balaban J connectivity index is 0.000000289. The maximum atomic E-state index is 5.71. The summed E-state index contributed by atoms with van der Waals surface area (Å²) in [6.07, 6.45) is 8.71. The van der Waals surface area contributed by atoms with Crippen LogP contribution in [0, 0.1) is 0 Å². The summed E-state index contributed by atoms with van der Waals surface area (Å²) in [5, 5.41) is 0. The molecule has 0 spiro atoms. The quantitative estimate of drug-likeness (QED) is 0.484. The summed E-state index contributed by atoms with van der Waals surface area (Å²) in [5.41, 5.74) is 15.7. The summed E-state index contributed by atoms with van der Waals surface area (Å²) in [7, 11) is 0. The average molecular weight is 370 g/mol. The summed E-state index contributed by atoms with van der Waals surface area (Å²) < 4.78 is 0. The van der Waals surface area contributed by atoms with Crippen LogP contribution in [0.3, 0.4) is 0 Å². The minimum Gasteiger partial charge on any atom is -0.399 e. The molecule has 0 atom stereocenters. The number of rotatable bonds is 10. The monoisotopic (exact) mass is 369 g/mol. The van der Waals surface area contributed by atoms with Gasteiger partial charge in [0.1, 0.15) is 0 Å². The molecular formula is C24H39N3. The van der Waals surface area contributed by atoms with Gasteiger partial charge in [0.25, 0.3) is 0 Å². The van der Waals surface area contributed by atoms with E-state index in [-0.39, 0.29) is 0 Å². The lowest BCUT2D eigenvalue weighted by Gasteiger charge is -2.24. The molecule has 0 heterocycles. The van der Waals surface area contributed by atoms with Crippen LogP contribution < -0.4 is 16.4 Å². The van der Waals surface area contributed by atoms with Gasteiger partial charge in [-0.25, -0.2) is 0 Å². The lowest BCUT2D eigenvalue weighted by molar-refractivity contribution is 0.678. The van der Waals surface area contributed by atoms with Gasteiger partial charge in [0.2, 0.25) is 0 Å². The predicted octanol–water partition coefficient (Wildman–Crippen LogP) is 6.29. The van der Waals surface area contributed by atoms with E-state index >= 15 is 0 Å². The van der Waals surface area contributed by atoms with E-state index in [9.17, 15) is 0 Å². The Morgan fingerprint density at radius 3 is 1.52 bits per heavy atom. The predicted molar refractivity (Wildman–Crippen MR) is 122 cm³/mol. The van der Waals surface area contributed by atoms with Gasteiger partial charge in [-0.2, -0.15) is 0 Å². The fourth-order valence-corrected chi connectivity index (χ4v) is 2.82. The number of anilines is 3. The molecule has 0 aromatic heterocycles. The third-order valence-corrected chi connectivity index (χ3v) is 4.62. The van der Waals surface area contributed by atoms with Crippen molar-refractivity contribution < 1.29 is 0 Å². The molecule has 27 heavy (non-hydrogen) atoms. The Kier molecular flexibility index (Phi) is 11.8. The van der Waals surface area contributed by atoms with Gasteiger partial charge in [0, 0.05) is 30.2 Å². The second-order valence-corrected chi connectivity index (χ2v) is 7.13. The van der Waals surface area contributed by atoms with Crippen molar-refractivity contribution in [1.29, 1.82) is 0 Å². The molecule has 0 saturated heterocycles. The highest BCUT2D eigenvalue weighted by Crippen LogP contribution is 2.17. The van der Waals surface area contributed by atoms with Crippen molar-refractivity contribution in [2.75, 3.05) is 29.5 Å². The highest BCUT2D eigenvalue weighted by Gasteiger charge is 2.04. The van der Waals surface area contributed by atoms with E-state index < -0.39 is 0 Å². The van der Waals surface area contributed by atoms with Crippen molar-refractivity contribution in [1.82, 2.24) is 0 Å². The molecule has 3 nitrogen and oxygen atoms in total. The second-order valence-electron chi connectivity index (χ2n) is 7.13. The number of unbranched alkanes of at least 4 members (excludes halogenated alkanes) is 3. The molecule has 0 radical (unpaired) electrons. The Morgan fingerprint density at radius 2 is 1.07 bits per heavy atom. The topological polar surface area (TPSA) is 55.3 Å². The highest BCUT2D eigenvalue weighted by molar-refractivity contribution is 5.53. The average Bonchev–Trinajstić information content (AvgIpc) is 2.69. The number of nitrogen functional groups attached to an aromatic ring is 2. The van der Waals surface area contributed by atoms with Crippen LogP contribution in [0.5, 0.6) is 0 Å². The Hall–Kier alpha value is -2.16. The molecule has 0 bridgehead atoms. The molecule has 0 unspecified atom stereocenters. The van der Waals surface area contributed by atoms with Crippen LogP contribution in [0.25, 0.3) is 0 Å². The van der Waals surface area contributed by atoms with Gasteiger partial charge in [0.05, 0.1) is 0 Å². The Bertz CT molecular complexity index is 582. The number of hydrogen-bond acceptors (Lipinski definition) is 3. The summed E-state index contributed by atoms with van der Waals surface area (Å²) in [6.45, 7) is 8.99. The van der Waals surface area contributed by atoms with Crippen LogP contribution >= 0.6 is 0 Å². The largest absolute Gasteiger partial charge is 0.399 e. The van der Waals surface area contributed by atoms with Crippen LogP contribution in [0.4, 0.5) is 17.1 Å². The third-order valence-electron chi connectivity index (χ3n) is 4.62. The van der Waals surface area contributed by atoms with Crippen LogP contribution in [0.2, 0.25) is 0 Å². The standard InChI is InChI=1S/C14H24N2.C10H15N/c1-3-5-11-16(12-6-4-2)14-9-7-13(15)8-10-14;1-2-3-4-9-5-7-10(11)8-6-9/h7-10H,3-6,11-12,15H2,1-2H3;5-8H,2-4,11H2,1H3. The molecule has 150 valence electrons. The molecule has 2 aromatic carbocycles. The zero-order valence-electron chi connectivity index (χ0n) is 17.6. The van der Waals surface area contributed by atoms with Crippen molar-refractivity contribution in [3.05, 3.63) is 54.1 Å². The van der Waals surface area contributed by atoms with Crippen LogP contribution in [-0.2, 0) is 6.42 Å². The lowest BCUT2D eigenvalue weighted by atomic mass is 10.1. The first-order chi connectivity index (χ1) is 13.1. The normalized spacial score (nSPS) is 10.2. The Labute approximate surface area is 166 Å². The number of nitrogens with two attached hydrogens (primary N) is 2. The molecule has 4 N–H and O–H groups in total. The van der Waals surface area contributed by atoms with E-state index in [1.165, 1.54) is 56.2 Å². The molecule has 0 amide bonds. The third kappa shape index (κ3) is 9.93. The fraction of sp³-hybridized carbons (Fsp3) is 0.500. The molecule has 2 rings (SSSR count). The van der Waals surface area contributed by atoms with Gasteiger partial charge in [-0.15, -0.1) is 0 Å². The fourth-order valence-electron chi connectivity index (χ4n) is 2.82. The van der Waals surface area contributed by atoms with Crippen molar-refractivity contribution >= 4 is 17.1 Å².